The van der Waals surface area contributed by atoms with Crippen LogP contribution in [0.5, 0.6) is 0 Å². The van der Waals surface area contributed by atoms with Crippen LogP contribution in [0.2, 0.25) is 0 Å². The van der Waals surface area contributed by atoms with Crippen molar-refractivity contribution in [3.05, 3.63) is 17.7 Å². The van der Waals surface area contributed by atoms with Crippen LogP contribution < -0.4 is 10.6 Å². The summed E-state index contributed by atoms with van der Waals surface area (Å²) in [5.74, 6) is 2.08. The highest BCUT2D eigenvalue weighted by molar-refractivity contribution is 6.10. The van der Waals surface area contributed by atoms with Gasteiger partial charge in [-0.1, -0.05) is 0 Å². The van der Waals surface area contributed by atoms with Gasteiger partial charge in [-0.2, -0.15) is 0 Å². The lowest BCUT2D eigenvalue weighted by Gasteiger charge is -2.61. The summed E-state index contributed by atoms with van der Waals surface area (Å²) >= 11 is 0. The van der Waals surface area contributed by atoms with Crippen molar-refractivity contribution in [1.29, 1.82) is 0 Å². The Balaban J connectivity index is 1.56. The normalized spacial score (nSPS) is 29.6. The van der Waals surface area contributed by atoms with Gasteiger partial charge in [0.25, 0.3) is 5.91 Å². The van der Waals surface area contributed by atoms with E-state index in [0.717, 1.165) is 38.0 Å². The van der Waals surface area contributed by atoms with Crippen LogP contribution in [0.4, 0.5) is 5.82 Å². The average Bonchev–Trinajstić information content (AvgIpc) is 3.02. The first-order chi connectivity index (χ1) is 11.0. The van der Waals surface area contributed by atoms with E-state index >= 15 is 0 Å². The van der Waals surface area contributed by atoms with Crippen molar-refractivity contribution in [3.63, 3.8) is 0 Å². The maximum absolute atomic E-state index is 12.9. The highest BCUT2D eigenvalue weighted by atomic mass is 16.3. The number of hydrogen-bond acceptors (Lipinski definition) is 5. The molecule has 2 bridgehead atoms. The van der Waals surface area contributed by atoms with Gasteiger partial charge in [-0.05, 0) is 51.9 Å². The monoisotopic (exact) mass is 312 g/mol. The quantitative estimate of drug-likeness (QED) is 0.907. The minimum absolute atomic E-state index is 0.0451. The summed E-state index contributed by atoms with van der Waals surface area (Å²) in [4.78, 5) is 21.4. The van der Waals surface area contributed by atoms with E-state index in [1.165, 1.54) is 6.33 Å². The van der Waals surface area contributed by atoms with Gasteiger partial charge in [0.1, 0.15) is 17.9 Å². The Morgan fingerprint density at radius 1 is 1.30 bits per heavy atom. The Bertz CT molecular complexity index is 819. The van der Waals surface area contributed by atoms with Gasteiger partial charge in [0.15, 0.2) is 0 Å². The van der Waals surface area contributed by atoms with Crippen LogP contribution >= 0.6 is 0 Å². The molecule has 2 N–H and O–H groups in total. The molecule has 0 unspecified atom stereocenters. The van der Waals surface area contributed by atoms with Crippen LogP contribution in [0.25, 0.3) is 11.1 Å². The van der Waals surface area contributed by atoms with Gasteiger partial charge >= 0.3 is 0 Å². The second kappa shape index (κ2) is 4.04. The number of furan rings is 1. The van der Waals surface area contributed by atoms with Gasteiger partial charge < -0.3 is 15.1 Å². The van der Waals surface area contributed by atoms with E-state index < -0.39 is 0 Å². The Kier molecular flexibility index (Phi) is 2.35. The second-order valence-corrected chi connectivity index (χ2v) is 7.83. The van der Waals surface area contributed by atoms with E-state index in [4.69, 9.17) is 4.42 Å². The van der Waals surface area contributed by atoms with Gasteiger partial charge in [-0.15, -0.1) is 0 Å². The van der Waals surface area contributed by atoms with E-state index in [2.05, 4.69) is 27.5 Å². The molecule has 23 heavy (non-hydrogen) atoms. The molecule has 0 atom stereocenters. The lowest BCUT2D eigenvalue weighted by molar-refractivity contribution is -0.0438. The minimum atomic E-state index is -0.0572. The summed E-state index contributed by atoms with van der Waals surface area (Å²) in [5.41, 5.74) is 1.18. The van der Waals surface area contributed by atoms with Gasteiger partial charge in [-0.3, -0.25) is 4.79 Å². The smallest absolute Gasteiger partial charge is 0.256 e. The Morgan fingerprint density at radius 2 is 2.04 bits per heavy atom. The van der Waals surface area contributed by atoms with E-state index in [0.29, 0.717) is 28.2 Å². The van der Waals surface area contributed by atoms with Gasteiger partial charge in [0.05, 0.1) is 10.9 Å². The highest BCUT2D eigenvalue weighted by Crippen LogP contribution is 2.57. The molecule has 120 valence electrons. The maximum Gasteiger partial charge on any atom is 0.256 e. The maximum atomic E-state index is 12.9. The number of rotatable bonds is 4. The van der Waals surface area contributed by atoms with Crippen molar-refractivity contribution in [2.24, 2.45) is 5.92 Å². The molecule has 2 heterocycles. The summed E-state index contributed by atoms with van der Waals surface area (Å²) in [5, 5.41) is 7.38. The van der Waals surface area contributed by atoms with E-state index in [1.54, 1.807) is 0 Å². The minimum Gasteiger partial charge on any atom is -0.442 e. The van der Waals surface area contributed by atoms with Crippen molar-refractivity contribution < 1.29 is 9.21 Å². The number of fused-ring (bicyclic) bond motifs is 1. The van der Waals surface area contributed by atoms with Crippen LogP contribution in [0.1, 0.15) is 55.1 Å². The number of carbonyl (C=O) groups is 1. The van der Waals surface area contributed by atoms with Crippen molar-refractivity contribution in [3.8, 4) is 0 Å². The molecule has 2 aromatic heterocycles. The number of nitrogens with one attached hydrogen (secondary N) is 2. The van der Waals surface area contributed by atoms with Crippen molar-refractivity contribution in [1.82, 2.24) is 15.3 Å². The Hall–Kier alpha value is -2.11. The number of anilines is 1. The molecule has 0 radical (unpaired) electrons. The average molecular weight is 312 g/mol. The van der Waals surface area contributed by atoms with Crippen molar-refractivity contribution in [2.75, 3.05) is 5.32 Å². The summed E-state index contributed by atoms with van der Waals surface area (Å²) in [6, 6.07) is 0. The number of aryl methyl sites for hydroxylation is 1. The van der Waals surface area contributed by atoms with Gasteiger partial charge in [0.2, 0.25) is 5.71 Å². The standard InChI is InChI=1S/C17H20N4O2/c1-9-11(14(22)21-17-5-10(6-17)7-17)12-13(20-16(2)3-4-16)18-8-19-15(12)23-9/h8,10H,3-7H2,1-2H3,(H,21,22)(H,18,19,20). The molecule has 4 fully saturated rings. The molecule has 0 aliphatic heterocycles. The molecule has 4 aliphatic rings. The highest BCUT2D eigenvalue weighted by Gasteiger charge is 2.57. The number of carbonyl (C=O) groups excluding carboxylic acids is 1. The molecule has 4 saturated carbocycles. The first kappa shape index (κ1) is 13.3. The molecule has 1 amide bonds. The Labute approximate surface area is 134 Å². The molecule has 2 aromatic rings. The first-order valence-electron chi connectivity index (χ1n) is 8.32. The third-order valence-corrected chi connectivity index (χ3v) is 5.73. The molecule has 6 nitrogen and oxygen atoms in total. The zero-order valence-electron chi connectivity index (χ0n) is 13.4. The van der Waals surface area contributed by atoms with Crippen LogP contribution in [0.15, 0.2) is 10.7 Å². The Morgan fingerprint density at radius 3 is 2.65 bits per heavy atom. The predicted octanol–water partition coefficient (Wildman–Crippen LogP) is 2.78. The topological polar surface area (TPSA) is 80.1 Å². The third-order valence-electron chi connectivity index (χ3n) is 5.73. The summed E-state index contributed by atoms with van der Waals surface area (Å²) in [6.07, 6.45) is 7.07. The zero-order valence-corrected chi connectivity index (χ0v) is 13.4. The predicted molar refractivity (Wildman–Crippen MR) is 85.3 cm³/mol. The molecule has 0 spiro atoms. The zero-order chi connectivity index (χ0) is 15.8. The molecular weight excluding hydrogens is 292 g/mol. The van der Waals surface area contributed by atoms with Crippen molar-refractivity contribution >= 4 is 22.8 Å². The number of hydrogen-bond donors (Lipinski definition) is 2. The molecule has 0 saturated heterocycles. The van der Waals surface area contributed by atoms with Crippen LogP contribution in [0.3, 0.4) is 0 Å². The fourth-order valence-electron chi connectivity index (χ4n) is 3.95. The number of aromatic nitrogens is 2. The molecule has 0 aromatic carbocycles. The lowest BCUT2D eigenvalue weighted by Crippen LogP contribution is -2.68. The first-order valence-corrected chi connectivity index (χ1v) is 8.32. The summed E-state index contributed by atoms with van der Waals surface area (Å²) in [7, 11) is 0. The van der Waals surface area contributed by atoms with Gasteiger partial charge in [-0.25, -0.2) is 9.97 Å². The van der Waals surface area contributed by atoms with Gasteiger partial charge in [0, 0.05) is 11.1 Å². The summed E-state index contributed by atoms with van der Waals surface area (Å²) < 4.78 is 5.72. The fraction of sp³-hybridized carbons (Fsp3) is 0.588. The molecular formula is C17H20N4O2. The second-order valence-electron chi connectivity index (χ2n) is 7.83. The molecule has 4 aliphatic carbocycles. The van der Waals surface area contributed by atoms with Crippen LogP contribution in [-0.4, -0.2) is 27.0 Å². The largest absolute Gasteiger partial charge is 0.442 e. The number of amides is 1. The van der Waals surface area contributed by atoms with E-state index in [1.807, 2.05) is 6.92 Å². The lowest BCUT2D eigenvalue weighted by atomic mass is 9.50. The molecule has 6 rings (SSSR count). The number of nitrogens with zero attached hydrogens (tertiary/aromatic N) is 2. The summed E-state index contributed by atoms with van der Waals surface area (Å²) in [6.45, 7) is 3.98. The van der Waals surface area contributed by atoms with E-state index in [-0.39, 0.29) is 17.0 Å². The SMILES string of the molecule is Cc1oc2ncnc(NC3(C)CC3)c2c1C(=O)NC12CC(C1)C2. The fourth-order valence-corrected chi connectivity index (χ4v) is 3.95. The third kappa shape index (κ3) is 1.90. The van der Waals surface area contributed by atoms with E-state index in [9.17, 15) is 4.79 Å². The van der Waals surface area contributed by atoms with Crippen molar-refractivity contribution in [2.45, 2.75) is 57.0 Å². The van der Waals surface area contributed by atoms with Crippen LogP contribution in [0, 0.1) is 12.8 Å². The molecule has 6 heteroatoms. The van der Waals surface area contributed by atoms with Crippen LogP contribution in [-0.2, 0) is 0 Å².